The highest BCUT2D eigenvalue weighted by molar-refractivity contribution is 6.00. The summed E-state index contributed by atoms with van der Waals surface area (Å²) in [6.45, 7) is 5.72. The lowest BCUT2D eigenvalue weighted by atomic mass is 10.1. The standard InChI is InChI=1S/C14H18N5O3/c20-14(12-3-1-2-4-13(12)18(21)22)5-19-9-15-6-16(10-19)8-17(7-15)11-19/h1-4H,5-11H2/q+1. The summed E-state index contributed by atoms with van der Waals surface area (Å²) < 4.78 is 0.658. The van der Waals surface area contributed by atoms with Crippen LogP contribution in [0.2, 0.25) is 0 Å². The Morgan fingerprint density at radius 3 is 2.18 bits per heavy atom. The summed E-state index contributed by atoms with van der Waals surface area (Å²) in [6.07, 6.45) is 0. The number of hydrogen-bond acceptors (Lipinski definition) is 6. The fraction of sp³-hybridized carbons (Fsp3) is 0.500. The van der Waals surface area contributed by atoms with Gasteiger partial charge in [0.1, 0.15) is 32.1 Å². The zero-order valence-electron chi connectivity index (χ0n) is 12.2. The molecule has 4 bridgehead atoms. The Labute approximate surface area is 127 Å². The van der Waals surface area contributed by atoms with Gasteiger partial charge in [-0.05, 0) is 6.07 Å². The van der Waals surface area contributed by atoms with Gasteiger partial charge in [0, 0.05) is 6.07 Å². The topological polar surface area (TPSA) is 69.9 Å². The summed E-state index contributed by atoms with van der Waals surface area (Å²) in [5, 5.41) is 11.1. The molecule has 0 atom stereocenters. The third kappa shape index (κ3) is 2.20. The SMILES string of the molecule is O=C(C[N+]12CN3CN(CN(C3)C1)C2)c1ccccc1[N+](=O)[O-]. The van der Waals surface area contributed by atoms with Crippen LogP contribution in [0.1, 0.15) is 10.4 Å². The lowest BCUT2D eigenvalue weighted by Gasteiger charge is -2.60. The normalized spacial score (nSPS) is 35.5. The van der Waals surface area contributed by atoms with E-state index in [0.29, 0.717) is 11.0 Å². The van der Waals surface area contributed by atoms with E-state index in [2.05, 4.69) is 14.7 Å². The molecule has 0 aromatic heterocycles. The molecule has 1 aromatic rings. The highest BCUT2D eigenvalue weighted by Crippen LogP contribution is 2.29. The predicted molar refractivity (Wildman–Crippen MR) is 77.3 cm³/mol. The zero-order valence-corrected chi connectivity index (χ0v) is 12.2. The van der Waals surface area contributed by atoms with Crippen molar-refractivity contribution in [3.05, 3.63) is 39.9 Å². The smallest absolute Gasteiger partial charge is 0.280 e. The van der Waals surface area contributed by atoms with Crippen LogP contribution >= 0.6 is 0 Å². The number of Topliss-reactive ketones (excluding diaryl/α,β-unsaturated/α-hetero) is 1. The van der Waals surface area contributed by atoms with Gasteiger partial charge < -0.3 is 0 Å². The lowest BCUT2D eigenvalue weighted by molar-refractivity contribution is -0.973. The molecule has 4 aliphatic heterocycles. The average molecular weight is 304 g/mol. The molecule has 22 heavy (non-hydrogen) atoms. The molecule has 0 unspecified atom stereocenters. The largest absolute Gasteiger partial charge is 0.287 e. The quantitative estimate of drug-likeness (QED) is 0.344. The molecule has 4 aliphatic rings. The molecule has 116 valence electrons. The number of quaternary nitrogens is 1. The zero-order chi connectivity index (χ0) is 15.3. The number of para-hydroxylation sites is 1. The Morgan fingerprint density at radius 2 is 1.64 bits per heavy atom. The van der Waals surface area contributed by atoms with E-state index in [0.717, 1.165) is 40.0 Å². The monoisotopic (exact) mass is 304 g/mol. The average Bonchev–Trinajstić information content (AvgIpc) is 2.45. The minimum Gasteiger partial charge on any atom is -0.287 e. The van der Waals surface area contributed by atoms with Gasteiger partial charge in [0.2, 0.25) is 5.78 Å². The van der Waals surface area contributed by atoms with Crippen molar-refractivity contribution in [1.29, 1.82) is 0 Å². The summed E-state index contributed by atoms with van der Waals surface area (Å²) in [7, 11) is 0. The van der Waals surface area contributed by atoms with Gasteiger partial charge in [-0.25, -0.2) is 14.7 Å². The first-order valence-electron chi connectivity index (χ1n) is 7.33. The second-order valence-electron chi connectivity index (χ2n) is 6.56. The first-order chi connectivity index (χ1) is 10.5. The lowest BCUT2D eigenvalue weighted by Crippen LogP contribution is -2.79. The third-order valence-electron chi connectivity index (χ3n) is 4.58. The Balaban J connectivity index is 1.59. The minimum absolute atomic E-state index is 0.0950. The maximum absolute atomic E-state index is 12.7. The van der Waals surface area contributed by atoms with E-state index in [9.17, 15) is 14.9 Å². The van der Waals surface area contributed by atoms with Crippen molar-refractivity contribution in [3.63, 3.8) is 0 Å². The van der Waals surface area contributed by atoms with Gasteiger partial charge in [-0.1, -0.05) is 12.1 Å². The summed E-state index contributed by atoms with van der Waals surface area (Å²) in [5.74, 6) is -0.141. The van der Waals surface area contributed by atoms with E-state index in [-0.39, 0.29) is 17.0 Å². The van der Waals surface area contributed by atoms with Crippen LogP contribution in [-0.4, -0.2) is 76.4 Å². The van der Waals surface area contributed by atoms with Crippen LogP contribution in [-0.2, 0) is 0 Å². The van der Waals surface area contributed by atoms with Crippen molar-refractivity contribution in [1.82, 2.24) is 14.7 Å². The fourth-order valence-electron chi connectivity index (χ4n) is 4.07. The molecule has 5 rings (SSSR count). The molecule has 4 saturated heterocycles. The van der Waals surface area contributed by atoms with E-state index in [1.807, 2.05) is 0 Å². The molecule has 0 spiro atoms. The van der Waals surface area contributed by atoms with Crippen LogP contribution < -0.4 is 0 Å². The molecule has 0 aliphatic carbocycles. The molecule has 4 heterocycles. The Kier molecular flexibility index (Phi) is 3.01. The molecule has 4 fully saturated rings. The summed E-state index contributed by atoms with van der Waals surface area (Å²) in [6, 6.07) is 6.24. The van der Waals surface area contributed by atoms with Crippen LogP contribution in [0.15, 0.2) is 24.3 Å². The highest BCUT2D eigenvalue weighted by atomic mass is 16.6. The maximum atomic E-state index is 12.7. The number of nitro groups is 1. The van der Waals surface area contributed by atoms with Crippen molar-refractivity contribution in [2.45, 2.75) is 0 Å². The highest BCUT2D eigenvalue weighted by Gasteiger charge is 2.49. The van der Waals surface area contributed by atoms with Crippen LogP contribution in [0.4, 0.5) is 5.69 Å². The summed E-state index contributed by atoms with van der Waals surface area (Å²) in [4.78, 5) is 30.3. The number of nitrogens with zero attached hydrogens (tertiary/aromatic N) is 5. The van der Waals surface area contributed by atoms with Crippen LogP contribution in [0.5, 0.6) is 0 Å². The Morgan fingerprint density at radius 1 is 1.09 bits per heavy atom. The molecule has 0 amide bonds. The van der Waals surface area contributed by atoms with Gasteiger partial charge in [-0.3, -0.25) is 19.4 Å². The van der Waals surface area contributed by atoms with E-state index in [1.165, 1.54) is 6.07 Å². The molecule has 0 saturated carbocycles. The summed E-state index contributed by atoms with van der Waals surface area (Å²) in [5.41, 5.74) is 0.128. The molecule has 0 radical (unpaired) electrons. The van der Waals surface area contributed by atoms with Crippen LogP contribution in [0, 0.1) is 10.1 Å². The van der Waals surface area contributed by atoms with Gasteiger partial charge in [0.05, 0.1) is 24.9 Å². The van der Waals surface area contributed by atoms with Gasteiger partial charge in [0.15, 0.2) is 0 Å². The van der Waals surface area contributed by atoms with Gasteiger partial charge in [0.25, 0.3) is 5.69 Å². The number of carbonyl (C=O) groups excluding carboxylic acids is 1. The first-order valence-corrected chi connectivity index (χ1v) is 7.33. The molecule has 8 nitrogen and oxygen atoms in total. The van der Waals surface area contributed by atoms with Crippen molar-refractivity contribution < 1.29 is 14.2 Å². The van der Waals surface area contributed by atoms with E-state index in [4.69, 9.17) is 0 Å². The van der Waals surface area contributed by atoms with Crippen LogP contribution in [0.3, 0.4) is 0 Å². The predicted octanol–water partition coefficient (Wildman–Crippen LogP) is 0.286. The third-order valence-corrected chi connectivity index (χ3v) is 4.58. The molecule has 0 N–H and O–H groups in total. The fourth-order valence-corrected chi connectivity index (χ4v) is 4.07. The van der Waals surface area contributed by atoms with Crippen molar-refractivity contribution in [2.75, 3.05) is 46.6 Å². The van der Waals surface area contributed by atoms with Crippen LogP contribution in [0.25, 0.3) is 0 Å². The second kappa shape index (κ2) is 4.82. The maximum Gasteiger partial charge on any atom is 0.280 e. The summed E-state index contributed by atoms with van der Waals surface area (Å²) >= 11 is 0. The van der Waals surface area contributed by atoms with E-state index in [1.54, 1.807) is 18.2 Å². The number of rotatable bonds is 4. The van der Waals surface area contributed by atoms with E-state index < -0.39 is 4.92 Å². The number of benzene rings is 1. The Hall–Kier alpha value is -1.87. The van der Waals surface area contributed by atoms with Gasteiger partial charge in [-0.15, -0.1) is 0 Å². The number of hydrogen-bond donors (Lipinski definition) is 0. The molecular weight excluding hydrogens is 286 g/mol. The molecule has 8 heteroatoms. The Bertz CT molecular complexity index is 612. The number of ketones is 1. The van der Waals surface area contributed by atoms with E-state index >= 15 is 0 Å². The van der Waals surface area contributed by atoms with Crippen molar-refractivity contribution in [3.8, 4) is 0 Å². The van der Waals surface area contributed by atoms with Gasteiger partial charge >= 0.3 is 0 Å². The number of carbonyl (C=O) groups is 1. The molecule has 1 aromatic carbocycles. The van der Waals surface area contributed by atoms with Gasteiger partial charge in [-0.2, -0.15) is 0 Å². The molecular formula is C14H18N5O3+. The minimum atomic E-state index is -0.476. The van der Waals surface area contributed by atoms with Crippen molar-refractivity contribution >= 4 is 11.5 Å². The number of nitro benzene ring substituents is 1. The second-order valence-corrected chi connectivity index (χ2v) is 6.56. The van der Waals surface area contributed by atoms with Crippen molar-refractivity contribution in [2.24, 2.45) is 0 Å². The first kappa shape index (κ1) is 13.8.